The Hall–Kier alpha value is -1.39. The Labute approximate surface area is 82.9 Å². The van der Waals surface area contributed by atoms with E-state index < -0.39 is 0 Å². The van der Waals surface area contributed by atoms with E-state index in [0.717, 1.165) is 0 Å². The Kier molecular flexibility index (Phi) is 1.83. The molecule has 2 heterocycles. The molecule has 0 aromatic carbocycles. The van der Waals surface area contributed by atoms with Crippen molar-refractivity contribution >= 4 is 18.6 Å². The molecule has 0 fully saturated rings. The first kappa shape index (κ1) is 9.18. The number of nitrogens with zero attached hydrogens (tertiary/aromatic N) is 3. The number of hydrogen-bond donors (Lipinski definition) is 1. The van der Waals surface area contributed by atoms with Crippen molar-refractivity contribution in [1.82, 2.24) is 10.2 Å². The second-order valence-corrected chi connectivity index (χ2v) is 4.49. The van der Waals surface area contributed by atoms with E-state index >= 15 is 0 Å². The molecule has 0 aromatic heterocycles. The summed E-state index contributed by atoms with van der Waals surface area (Å²) in [4.78, 5) is 21.8. The first-order chi connectivity index (χ1) is 6.50. The normalized spacial score (nSPS) is 30.5. The molecule has 0 aliphatic carbocycles. The van der Waals surface area contributed by atoms with E-state index in [-0.39, 0.29) is 23.7 Å². The van der Waals surface area contributed by atoms with E-state index in [1.807, 2.05) is 4.90 Å². The lowest BCUT2D eigenvalue weighted by atomic mass is 10.0. The number of aliphatic imine (C=N–C) groups is 2. The molecule has 2 rings (SSSR count). The number of fused-ring (bicyclic) bond motifs is 1. The summed E-state index contributed by atoms with van der Waals surface area (Å²) in [6.07, 6.45) is 3.01. The van der Waals surface area contributed by atoms with Gasteiger partial charge in [-0.05, 0) is 20.8 Å². The molecule has 0 radical (unpaired) electrons. The van der Waals surface area contributed by atoms with Crippen molar-refractivity contribution in [1.29, 1.82) is 0 Å². The molecule has 0 aromatic rings. The minimum absolute atomic E-state index is 0.0577. The summed E-state index contributed by atoms with van der Waals surface area (Å²) in [5, 5.41) is 2.55. The van der Waals surface area contributed by atoms with E-state index in [0.29, 0.717) is 0 Å². The lowest BCUT2D eigenvalue weighted by Crippen LogP contribution is -2.52. The predicted molar refractivity (Wildman–Crippen MR) is 54.3 cm³/mol. The first-order valence-electron chi connectivity index (χ1n) is 4.64. The molecule has 2 unspecified atom stereocenters. The van der Waals surface area contributed by atoms with Gasteiger partial charge in [0.1, 0.15) is 0 Å². The summed E-state index contributed by atoms with van der Waals surface area (Å²) in [6.45, 7) is 6.22. The summed E-state index contributed by atoms with van der Waals surface area (Å²) in [6, 6.07) is -0.376. The highest BCUT2D eigenvalue weighted by Crippen LogP contribution is 2.25. The lowest BCUT2D eigenvalue weighted by Gasteiger charge is -2.36. The highest BCUT2D eigenvalue weighted by atomic mass is 16.2. The molecule has 76 valence electrons. The lowest BCUT2D eigenvalue weighted by molar-refractivity contribution is -0.122. The van der Waals surface area contributed by atoms with E-state index in [1.165, 1.54) is 6.34 Å². The number of nitrogens with one attached hydrogen (secondary N) is 1. The number of rotatable bonds is 0. The van der Waals surface area contributed by atoms with Crippen LogP contribution in [-0.4, -0.2) is 41.2 Å². The quantitative estimate of drug-likeness (QED) is 0.589. The van der Waals surface area contributed by atoms with E-state index in [4.69, 9.17) is 0 Å². The third kappa shape index (κ3) is 1.29. The van der Waals surface area contributed by atoms with Crippen LogP contribution in [0.1, 0.15) is 20.8 Å². The minimum Gasteiger partial charge on any atom is -0.334 e. The van der Waals surface area contributed by atoms with Gasteiger partial charge in [-0.25, -0.2) is 4.99 Å². The summed E-state index contributed by atoms with van der Waals surface area (Å²) in [7, 11) is 0. The predicted octanol–water partition coefficient (Wildman–Crippen LogP) is -0.0184. The highest BCUT2D eigenvalue weighted by Gasteiger charge is 2.41. The SMILES string of the molecule is CC(C)(C)N1C=NC2C(=O)NC=NC21. The molecule has 2 aliphatic rings. The third-order valence-corrected chi connectivity index (χ3v) is 2.40. The third-order valence-electron chi connectivity index (χ3n) is 2.40. The Morgan fingerprint density at radius 2 is 2.14 bits per heavy atom. The van der Waals surface area contributed by atoms with Gasteiger partial charge in [0.15, 0.2) is 12.2 Å². The van der Waals surface area contributed by atoms with Crippen LogP contribution in [0.2, 0.25) is 0 Å². The standard InChI is InChI=1S/C9H14N4O/c1-9(2,3)13-5-12-6-7(13)10-4-11-8(6)14/h4-7H,1-3H3,(H,10,11,14). The van der Waals surface area contributed by atoms with Gasteiger partial charge in [-0.2, -0.15) is 0 Å². The maximum atomic E-state index is 11.4. The number of carbonyl (C=O) groups excluding carboxylic acids is 1. The molecule has 2 atom stereocenters. The van der Waals surface area contributed by atoms with Crippen molar-refractivity contribution in [3.05, 3.63) is 0 Å². The van der Waals surface area contributed by atoms with Crippen LogP contribution in [0.5, 0.6) is 0 Å². The Morgan fingerprint density at radius 3 is 2.79 bits per heavy atom. The van der Waals surface area contributed by atoms with Crippen molar-refractivity contribution in [2.24, 2.45) is 9.98 Å². The smallest absolute Gasteiger partial charge is 0.254 e. The van der Waals surface area contributed by atoms with Gasteiger partial charge in [0.05, 0.1) is 12.7 Å². The van der Waals surface area contributed by atoms with Crippen LogP contribution in [0.4, 0.5) is 0 Å². The van der Waals surface area contributed by atoms with E-state index in [9.17, 15) is 4.79 Å². The molecule has 2 aliphatic heterocycles. The van der Waals surface area contributed by atoms with Gasteiger partial charge in [-0.15, -0.1) is 0 Å². The zero-order valence-electron chi connectivity index (χ0n) is 8.56. The summed E-state index contributed by atoms with van der Waals surface area (Å²) >= 11 is 0. The Balaban J connectivity index is 2.27. The number of hydrogen-bond acceptors (Lipinski definition) is 4. The molecule has 5 heteroatoms. The molecule has 0 bridgehead atoms. The molecule has 5 nitrogen and oxygen atoms in total. The molecule has 1 amide bonds. The first-order valence-corrected chi connectivity index (χ1v) is 4.64. The second-order valence-electron chi connectivity index (χ2n) is 4.49. The summed E-state index contributed by atoms with van der Waals surface area (Å²) < 4.78 is 0. The van der Waals surface area contributed by atoms with Crippen molar-refractivity contribution in [2.45, 2.75) is 38.5 Å². The van der Waals surface area contributed by atoms with Gasteiger partial charge in [0.2, 0.25) is 0 Å². The fourth-order valence-electron chi connectivity index (χ4n) is 1.63. The average Bonchev–Trinajstić information content (AvgIpc) is 2.47. The second kappa shape index (κ2) is 2.80. The van der Waals surface area contributed by atoms with Crippen LogP contribution in [0.25, 0.3) is 0 Å². The van der Waals surface area contributed by atoms with Crippen LogP contribution in [0.15, 0.2) is 9.98 Å². The molecular formula is C9H14N4O. The number of amides is 1. The van der Waals surface area contributed by atoms with Gasteiger partial charge in [-0.1, -0.05) is 0 Å². The molecule has 0 saturated carbocycles. The van der Waals surface area contributed by atoms with E-state index in [1.54, 1.807) is 6.34 Å². The maximum absolute atomic E-state index is 11.4. The van der Waals surface area contributed by atoms with Crippen LogP contribution >= 0.6 is 0 Å². The summed E-state index contributed by atoms with van der Waals surface area (Å²) in [5.41, 5.74) is -0.0577. The monoisotopic (exact) mass is 194 g/mol. The maximum Gasteiger partial charge on any atom is 0.254 e. The highest BCUT2D eigenvalue weighted by molar-refractivity contribution is 5.96. The van der Waals surface area contributed by atoms with Crippen LogP contribution in [0, 0.1) is 0 Å². The Morgan fingerprint density at radius 1 is 1.43 bits per heavy atom. The van der Waals surface area contributed by atoms with Gasteiger partial charge in [-0.3, -0.25) is 9.79 Å². The van der Waals surface area contributed by atoms with Crippen LogP contribution in [0.3, 0.4) is 0 Å². The topological polar surface area (TPSA) is 57.1 Å². The van der Waals surface area contributed by atoms with Gasteiger partial charge >= 0.3 is 0 Å². The van der Waals surface area contributed by atoms with Crippen molar-refractivity contribution in [2.75, 3.05) is 0 Å². The van der Waals surface area contributed by atoms with Gasteiger partial charge < -0.3 is 10.2 Å². The van der Waals surface area contributed by atoms with Crippen LogP contribution < -0.4 is 5.32 Å². The molecule has 1 N–H and O–H groups in total. The molecule has 0 spiro atoms. The van der Waals surface area contributed by atoms with Crippen molar-refractivity contribution in [3.8, 4) is 0 Å². The largest absolute Gasteiger partial charge is 0.334 e. The summed E-state index contributed by atoms with van der Waals surface area (Å²) in [5.74, 6) is -0.0759. The average molecular weight is 194 g/mol. The minimum atomic E-state index is -0.376. The number of carbonyl (C=O) groups is 1. The van der Waals surface area contributed by atoms with E-state index in [2.05, 4.69) is 36.1 Å². The zero-order valence-corrected chi connectivity index (χ0v) is 8.56. The fourth-order valence-corrected chi connectivity index (χ4v) is 1.63. The molecule has 14 heavy (non-hydrogen) atoms. The molecule has 0 saturated heterocycles. The Bertz CT molecular complexity index is 315. The van der Waals surface area contributed by atoms with Gasteiger partial charge in [0, 0.05) is 5.54 Å². The fraction of sp³-hybridized carbons (Fsp3) is 0.667. The van der Waals surface area contributed by atoms with Crippen molar-refractivity contribution < 1.29 is 4.79 Å². The molecular weight excluding hydrogens is 180 g/mol. The van der Waals surface area contributed by atoms with Gasteiger partial charge in [0.25, 0.3) is 5.91 Å². The van der Waals surface area contributed by atoms with Crippen molar-refractivity contribution in [3.63, 3.8) is 0 Å². The van der Waals surface area contributed by atoms with Crippen LogP contribution in [-0.2, 0) is 4.79 Å². The zero-order chi connectivity index (χ0) is 10.3.